The third kappa shape index (κ3) is 4.80. The van der Waals surface area contributed by atoms with E-state index in [1.165, 1.54) is 0 Å². The monoisotopic (exact) mass is 375 g/mol. The zero-order chi connectivity index (χ0) is 17.7. The van der Waals surface area contributed by atoms with Gasteiger partial charge in [-0.3, -0.25) is 0 Å². The number of fused-ring (bicyclic) bond motifs is 1. The van der Waals surface area contributed by atoms with Crippen LogP contribution >= 0.6 is 11.6 Å². The topological polar surface area (TPSA) is 55.4 Å². The molecule has 0 saturated carbocycles. The van der Waals surface area contributed by atoms with Crippen molar-refractivity contribution in [3.05, 3.63) is 77.3 Å². The fourth-order valence-corrected chi connectivity index (χ4v) is 3.61. The summed E-state index contributed by atoms with van der Waals surface area (Å²) in [6, 6.07) is 20.1. The molecular weight excluding hydrogens is 358 g/mol. The van der Waals surface area contributed by atoms with Crippen LogP contribution in [0.3, 0.4) is 0 Å². The summed E-state index contributed by atoms with van der Waals surface area (Å²) in [5.74, 6) is 0. The van der Waals surface area contributed by atoms with Crippen LogP contribution in [0.15, 0.2) is 71.6 Å². The van der Waals surface area contributed by atoms with E-state index < -0.39 is 10.0 Å². The van der Waals surface area contributed by atoms with Gasteiger partial charge < -0.3 is 4.74 Å². The first-order valence-electron chi connectivity index (χ1n) is 7.85. The minimum absolute atomic E-state index is 0.211. The highest BCUT2D eigenvalue weighted by atomic mass is 35.5. The number of rotatable bonds is 7. The molecule has 130 valence electrons. The highest BCUT2D eigenvalue weighted by molar-refractivity contribution is 7.89. The van der Waals surface area contributed by atoms with E-state index in [1.54, 1.807) is 30.3 Å². The SMILES string of the molecule is O=S(=O)(NCCOCc1ccc(Cl)cc1)c1ccc2ccccc2c1. The average molecular weight is 376 g/mol. The van der Waals surface area contributed by atoms with Gasteiger partial charge in [-0.15, -0.1) is 0 Å². The molecule has 0 heterocycles. The Kier molecular flexibility index (Phi) is 5.71. The number of hydrogen-bond acceptors (Lipinski definition) is 3. The van der Waals surface area contributed by atoms with Crippen LogP contribution in [-0.2, 0) is 21.4 Å². The second kappa shape index (κ2) is 7.97. The minimum atomic E-state index is -3.55. The maximum atomic E-state index is 12.4. The molecule has 4 nitrogen and oxygen atoms in total. The molecule has 1 N–H and O–H groups in total. The molecule has 25 heavy (non-hydrogen) atoms. The summed E-state index contributed by atoms with van der Waals surface area (Å²) in [4.78, 5) is 0.254. The van der Waals surface area contributed by atoms with Crippen LogP contribution < -0.4 is 4.72 Å². The standard InChI is InChI=1S/C19H18ClNO3S/c20-18-8-5-15(6-9-18)14-24-12-11-21-25(22,23)19-10-7-16-3-1-2-4-17(16)13-19/h1-10,13,21H,11-12,14H2. The number of nitrogens with one attached hydrogen (secondary N) is 1. The maximum Gasteiger partial charge on any atom is 0.240 e. The molecule has 3 aromatic rings. The van der Waals surface area contributed by atoms with Crippen molar-refractivity contribution in [1.29, 1.82) is 0 Å². The van der Waals surface area contributed by atoms with Crippen molar-refractivity contribution in [3.63, 3.8) is 0 Å². The Morgan fingerprint density at radius 3 is 2.40 bits per heavy atom. The lowest BCUT2D eigenvalue weighted by atomic mass is 10.1. The number of ether oxygens (including phenoxy) is 1. The molecule has 0 amide bonds. The van der Waals surface area contributed by atoms with Crippen LogP contribution in [0.1, 0.15) is 5.56 Å². The molecule has 0 aromatic heterocycles. The lowest BCUT2D eigenvalue weighted by Gasteiger charge is -2.09. The van der Waals surface area contributed by atoms with Gasteiger partial charge in [-0.1, -0.05) is 54.1 Å². The minimum Gasteiger partial charge on any atom is -0.375 e. The second-order valence-electron chi connectivity index (χ2n) is 5.59. The summed E-state index contributed by atoms with van der Waals surface area (Å²) >= 11 is 5.82. The number of benzene rings is 3. The molecule has 0 bridgehead atoms. The molecule has 3 aromatic carbocycles. The van der Waals surface area contributed by atoms with Crippen molar-refractivity contribution in [2.24, 2.45) is 0 Å². The molecule has 0 aliphatic carbocycles. The van der Waals surface area contributed by atoms with Crippen LogP contribution in [0, 0.1) is 0 Å². The van der Waals surface area contributed by atoms with Crippen LogP contribution in [-0.4, -0.2) is 21.6 Å². The third-order valence-corrected chi connectivity index (χ3v) is 5.46. The summed E-state index contributed by atoms with van der Waals surface area (Å²) in [6.07, 6.45) is 0. The summed E-state index contributed by atoms with van der Waals surface area (Å²) in [7, 11) is -3.55. The number of sulfonamides is 1. The quantitative estimate of drug-likeness (QED) is 0.635. The highest BCUT2D eigenvalue weighted by Crippen LogP contribution is 2.18. The van der Waals surface area contributed by atoms with Gasteiger partial charge >= 0.3 is 0 Å². The lowest BCUT2D eigenvalue weighted by molar-refractivity contribution is 0.126. The van der Waals surface area contributed by atoms with Crippen molar-refractivity contribution in [1.82, 2.24) is 4.72 Å². The zero-order valence-electron chi connectivity index (χ0n) is 13.5. The van der Waals surface area contributed by atoms with Crippen molar-refractivity contribution in [3.8, 4) is 0 Å². The van der Waals surface area contributed by atoms with E-state index in [2.05, 4.69) is 4.72 Å². The summed E-state index contributed by atoms with van der Waals surface area (Å²) in [5.41, 5.74) is 0.988. The van der Waals surface area contributed by atoms with Gasteiger partial charge in [-0.25, -0.2) is 13.1 Å². The Hall–Kier alpha value is -1.92. The number of halogens is 1. The van der Waals surface area contributed by atoms with Gasteiger partial charge in [-0.05, 0) is 40.6 Å². The molecule has 0 aliphatic rings. The molecule has 6 heteroatoms. The fraction of sp³-hybridized carbons (Fsp3) is 0.158. The predicted molar refractivity (Wildman–Crippen MR) is 100 cm³/mol. The first kappa shape index (κ1) is 17.9. The number of hydrogen-bond donors (Lipinski definition) is 1. The van der Waals surface area contributed by atoms with Crippen molar-refractivity contribution in [2.45, 2.75) is 11.5 Å². The Balaban J connectivity index is 1.53. The smallest absolute Gasteiger partial charge is 0.240 e. The second-order valence-corrected chi connectivity index (χ2v) is 7.79. The van der Waals surface area contributed by atoms with Crippen molar-refractivity contribution >= 4 is 32.4 Å². The Morgan fingerprint density at radius 2 is 1.64 bits per heavy atom. The Labute approximate surface area is 152 Å². The molecule has 0 aliphatic heterocycles. The van der Waals surface area contributed by atoms with Gasteiger partial charge in [0, 0.05) is 11.6 Å². The van der Waals surface area contributed by atoms with E-state index in [-0.39, 0.29) is 18.0 Å². The van der Waals surface area contributed by atoms with Crippen LogP contribution in [0.5, 0.6) is 0 Å². The Morgan fingerprint density at radius 1 is 0.920 bits per heavy atom. The molecule has 0 fully saturated rings. The van der Waals surface area contributed by atoms with E-state index in [0.717, 1.165) is 16.3 Å². The third-order valence-electron chi connectivity index (χ3n) is 3.75. The van der Waals surface area contributed by atoms with Gasteiger partial charge in [0.2, 0.25) is 10.0 Å². The first-order chi connectivity index (χ1) is 12.0. The molecular formula is C19H18ClNO3S. The van der Waals surface area contributed by atoms with E-state index in [0.29, 0.717) is 11.6 Å². The highest BCUT2D eigenvalue weighted by Gasteiger charge is 2.13. The molecule has 3 rings (SSSR count). The fourth-order valence-electron chi connectivity index (χ4n) is 2.44. The van der Waals surface area contributed by atoms with Crippen molar-refractivity contribution < 1.29 is 13.2 Å². The van der Waals surface area contributed by atoms with Gasteiger partial charge in [0.25, 0.3) is 0 Å². The average Bonchev–Trinajstić information content (AvgIpc) is 2.62. The Bertz CT molecular complexity index is 956. The zero-order valence-corrected chi connectivity index (χ0v) is 15.1. The molecule has 0 saturated heterocycles. The van der Waals surface area contributed by atoms with Gasteiger partial charge in [0.15, 0.2) is 0 Å². The van der Waals surface area contributed by atoms with Crippen molar-refractivity contribution in [2.75, 3.05) is 13.2 Å². The van der Waals surface area contributed by atoms with Gasteiger partial charge in [0.05, 0.1) is 18.1 Å². The molecule has 0 radical (unpaired) electrons. The van der Waals surface area contributed by atoms with Crippen LogP contribution in [0.2, 0.25) is 5.02 Å². The van der Waals surface area contributed by atoms with E-state index in [1.807, 2.05) is 36.4 Å². The molecule has 0 atom stereocenters. The van der Waals surface area contributed by atoms with E-state index in [9.17, 15) is 8.42 Å². The molecule has 0 spiro atoms. The lowest BCUT2D eigenvalue weighted by Crippen LogP contribution is -2.27. The van der Waals surface area contributed by atoms with E-state index in [4.69, 9.17) is 16.3 Å². The van der Waals surface area contributed by atoms with Gasteiger partial charge in [0.1, 0.15) is 0 Å². The normalized spacial score (nSPS) is 11.7. The summed E-state index contributed by atoms with van der Waals surface area (Å²) in [5, 5.41) is 2.57. The largest absolute Gasteiger partial charge is 0.375 e. The van der Waals surface area contributed by atoms with Gasteiger partial charge in [-0.2, -0.15) is 0 Å². The van der Waals surface area contributed by atoms with E-state index >= 15 is 0 Å². The summed E-state index contributed by atoms with van der Waals surface area (Å²) in [6.45, 7) is 0.910. The van der Waals surface area contributed by atoms with Crippen LogP contribution in [0.4, 0.5) is 0 Å². The summed E-state index contributed by atoms with van der Waals surface area (Å²) < 4.78 is 32.8. The van der Waals surface area contributed by atoms with Crippen LogP contribution in [0.25, 0.3) is 10.8 Å². The predicted octanol–water partition coefficient (Wildman–Crippen LogP) is 3.99. The first-order valence-corrected chi connectivity index (χ1v) is 9.71. The molecule has 0 unspecified atom stereocenters. The maximum absolute atomic E-state index is 12.4.